The van der Waals surface area contributed by atoms with Gasteiger partial charge in [0.1, 0.15) is 0 Å². The normalized spacial score (nSPS) is 17.3. The van der Waals surface area contributed by atoms with Crippen LogP contribution in [-0.2, 0) is 12.8 Å². The average molecular weight is 300 g/mol. The van der Waals surface area contributed by atoms with E-state index in [1.54, 1.807) is 12.1 Å². The fraction of sp³-hybridized carbons (Fsp3) is 0.400. The topological polar surface area (TPSA) is 0 Å². The van der Waals surface area contributed by atoms with Gasteiger partial charge in [-0.1, -0.05) is 56.5 Å². The van der Waals surface area contributed by atoms with Crippen LogP contribution >= 0.6 is 0 Å². The van der Waals surface area contributed by atoms with Crippen LogP contribution in [0.15, 0.2) is 36.4 Å². The molecule has 0 saturated heterocycles. The van der Waals surface area contributed by atoms with Crippen LogP contribution in [0, 0.1) is 17.6 Å². The van der Waals surface area contributed by atoms with E-state index in [0.717, 1.165) is 30.4 Å². The molecule has 0 spiro atoms. The van der Waals surface area contributed by atoms with Crippen LogP contribution in [0.1, 0.15) is 43.7 Å². The molecule has 0 aromatic heterocycles. The second kappa shape index (κ2) is 6.60. The largest absolute Gasteiger partial charge is 0.204 e. The molecule has 0 aliphatic heterocycles. The monoisotopic (exact) mass is 300 g/mol. The summed E-state index contributed by atoms with van der Waals surface area (Å²) in [7, 11) is 0. The third-order valence-electron chi connectivity index (χ3n) is 4.77. The maximum Gasteiger partial charge on any atom is 0.166 e. The highest BCUT2D eigenvalue weighted by atomic mass is 19.2. The molecule has 0 heterocycles. The van der Waals surface area contributed by atoms with Crippen LogP contribution < -0.4 is 0 Å². The number of halogens is 2. The van der Waals surface area contributed by atoms with Crippen LogP contribution in [0.25, 0.3) is 11.1 Å². The maximum absolute atomic E-state index is 13.9. The molecular weight excluding hydrogens is 278 g/mol. The smallest absolute Gasteiger partial charge is 0.166 e. The van der Waals surface area contributed by atoms with Crippen molar-refractivity contribution in [3.63, 3.8) is 0 Å². The van der Waals surface area contributed by atoms with Crippen molar-refractivity contribution in [2.24, 2.45) is 5.92 Å². The van der Waals surface area contributed by atoms with Crippen molar-refractivity contribution in [2.45, 2.75) is 45.4 Å². The third kappa shape index (κ3) is 3.06. The molecule has 2 aromatic carbocycles. The van der Waals surface area contributed by atoms with Gasteiger partial charge in [-0.25, -0.2) is 8.78 Å². The predicted molar refractivity (Wildman–Crippen MR) is 86.8 cm³/mol. The zero-order valence-corrected chi connectivity index (χ0v) is 13.0. The van der Waals surface area contributed by atoms with E-state index >= 15 is 0 Å². The molecule has 0 saturated carbocycles. The summed E-state index contributed by atoms with van der Waals surface area (Å²) < 4.78 is 27.3. The van der Waals surface area contributed by atoms with Crippen molar-refractivity contribution in [3.8, 4) is 11.1 Å². The Balaban J connectivity index is 1.85. The minimum absolute atomic E-state index is 0.357. The number of fused-ring (bicyclic) bond motifs is 1. The molecule has 2 aromatic rings. The SMILES string of the molecule is CCCCC1CCc2cc(-c3cccc(F)c3F)ccc2C1. The summed E-state index contributed by atoms with van der Waals surface area (Å²) in [6.07, 6.45) is 7.24. The van der Waals surface area contributed by atoms with E-state index in [0.29, 0.717) is 5.56 Å². The van der Waals surface area contributed by atoms with Crippen molar-refractivity contribution >= 4 is 0 Å². The number of unbranched alkanes of at least 4 members (excludes halogenated alkanes) is 1. The molecule has 2 heteroatoms. The highest BCUT2D eigenvalue weighted by Crippen LogP contribution is 2.33. The van der Waals surface area contributed by atoms with E-state index in [1.165, 1.54) is 36.8 Å². The molecule has 0 nitrogen and oxygen atoms in total. The summed E-state index contributed by atoms with van der Waals surface area (Å²) in [6.45, 7) is 2.23. The number of hydrogen-bond donors (Lipinski definition) is 0. The molecule has 0 bridgehead atoms. The molecule has 0 radical (unpaired) electrons. The van der Waals surface area contributed by atoms with Crippen LogP contribution in [0.3, 0.4) is 0 Å². The highest BCUT2D eigenvalue weighted by molar-refractivity contribution is 5.66. The van der Waals surface area contributed by atoms with E-state index in [-0.39, 0.29) is 0 Å². The van der Waals surface area contributed by atoms with Crippen LogP contribution in [0.2, 0.25) is 0 Å². The standard InChI is InChI=1S/C20H22F2/c1-2-3-5-14-8-9-16-13-17(11-10-15(16)12-14)18-6-4-7-19(21)20(18)22/h4,6-7,10-11,13-14H,2-3,5,8-9,12H2,1H3. The lowest BCUT2D eigenvalue weighted by Crippen LogP contribution is -2.14. The van der Waals surface area contributed by atoms with Crippen LogP contribution in [0.4, 0.5) is 8.78 Å². The van der Waals surface area contributed by atoms with Gasteiger partial charge in [0.25, 0.3) is 0 Å². The fourth-order valence-electron chi connectivity index (χ4n) is 3.46. The molecule has 1 atom stereocenters. The van der Waals surface area contributed by atoms with Crippen LogP contribution in [0.5, 0.6) is 0 Å². The fourth-order valence-corrected chi connectivity index (χ4v) is 3.46. The first-order chi connectivity index (χ1) is 10.7. The Morgan fingerprint density at radius 1 is 1.09 bits per heavy atom. The lowest BCUT2D eigenvalue weighted by molar-refractivity contribution is 0.413. The van der Waals surface area contributed by atoms with Gasteiger partial charge in [-0.05, 0) is 47.9 Å². The van der Waals surface area contributed by atoms with Gasteiger partial charge in [0, 0.05) is 5.56 Å². The maximum atomic E-state index is 13.9. The summed E-state index contributed by atoms with van der Waals surface area (Å²) in [5.74, 6) is -0.752. The van der Waals surface area contributed by atoms with Gasteiger partial charge in [-0.2, -0.15) is 0 Å². The van der Waals surface area contributed by atoms with Gasteiger partial charge < -0.3 is 0 Å². The molecule has 1 aliphatic rings. The molecule has 0 fully saturated rings. The minimum Gasteiger partial charge on any atom is -0.204 e. The second-order valence-electron chi connectivity index (χ2n) is 6.34. The number of benzene rings is 2. The van der Waals surface area contributed by atoms with Gasteiger partial charge in [-0.15, -0.1) is 0 Å². The van der Waals surface area contributed by atoms with Crippen molar-refractivity contribution in [1.29, 1.82) is 0 Å². The Kier molecular flexibility index (Phi) is 4.56. The number of hydrogen-bond acceptors (Lipinski definition) is 0. The Morgan fingerprint density at radius 2 is 1.95 bits per heavy atom. The Bertz CT molecular complexity index is 661. The Labute approximate surface area is 131 Å². The first-order valence-corrected chi connectivity index (χ1v) is 8.25. The Morgan fingerprint density at radius 3 is 2.77 bits per heavy atom. The summed E-state index contributed by atoms with van der Waals surface area (Å²) >= 11 is 0. The molecule has 0 amide bonds. The quantitative estimate of drug-likeness (QED) is 0.656. The highest BCUT2D eigenvalue weighted by Gasteiger charge is 2.19. The number of rotatable bonds is 4. The third-order valence-corrected chi connectivity index (χ3v) is 4.77. The van der Waals surface area contributed by atoms with Gasteiger partial charge in [0.15, 0.2) is 11.6 Å². The summed E-state index contributed by atoms with van der Waals surface area (Å²) in [5.41, 5.74) is 3.82. The Hall–Kier alpha value is -1.70. The summed E-state index contributed by atoms with van der Waals surface area (Å²) in [4.78, 5) is 0. The minimum atomic E-state index is -0.783. The van der Waals surface area contributed by atoms with E-state index < -0.39 is 11.6 Å². The van der Waals surface area contributed by atoms with E-state index in [4.69, 9.17) is 0 Å². The summed E-state index contributed by atoms with van der Waals surface area (Å²) in [6, 6.07) is 10.5. The molecule has 22 heavy (non-hydrogen) atoms. The van der Waals surface area contributed by atoms with Gasteiger partial charge in [-0.3, -0.25) is 0 Å². The van der Waals surface area contributed by atoms with E-state index in [2.05, 4.69) is 13.0 Å². The first-order valence-electron chi connectivity index (χ1n) is 8.25. The van der Waals surface area contributed by atoms with Gasteiger partial charge in [0.2, 0.25) is 0 Å². The van der Waals surface area contributed by atoms with Crippen LogP contribution in [-0.4, -0.2) is 0 Å². The summed E-state index contributed by atoms with van der Waals surface area (Å²) in [5, 5.41) is 0. The zero-order valence-electron chi connectivity index (χ0n) is 13.0. The molecule has 0 N–H and O–H groups in total. The van der Waals surface area contributed by atoms with Gasteiger partial charge >= 0.3 is 0 Å². The lowest BCUT2D eigenvalue weighted by atomic mass is 9.80. The second-order valence-corrected chi connectivity index (χ2v) is 6.34. The van der Waals surface area contributed by atoms with Gasteiger partial charge in [0.05, 0.1) is 0 Å². The first kappa shape index (κ1) is 15.2. The van der Waals surface area contributed by atoms with Crippen molar-refractivity contribution < 1.29 is 8.78 Å². The van der Waals surface area contributed by atoms with Crippen molar-refractivity contribution in [3.05, 3.63) is 59.2 Å². The van der Waals surface area contributed by atoms with Crippen molar-refractivity contribution in [1.82, 2.24) is 0 Å². The zero-order chi connectivity index (χ0) is 15.5. The molecule has 1 aliphatic carbocycles. The predicted octanol–water partition coefficient (Wildman–Crippen LogP) is 5.93. The average Bonchev–Trinajstić information content (AvgIpc) is 2.55. The lowest BCUT2D eigenvalue weighted by Gasteiger charge is -2.25. The van der Waals surface area contributed by atoms with E-state index in [9.17, 15) is 8.78 Å². The molecule has 116 valence electrons. The molecule has 3 rings (SSSR count). The molecule has 1 unspecified atom stereocenters. The van der Waals surface area contributed by atoms with Crippen molar-refractivity contribution in [2.75, 3.05) is 0 Å². The molecular formula is C20H22F2. The number of aryl methyl sites for hydroxylation is 1. The van der Waals surface area contributed by atoms with E-state index in [1.807, 2.05) is 12.1 Å².